The zero-order valence-electron chi connectivity index (χ0n) is 9.99. The molecule has 90 valence electrons. The Kier molecular flexibility index (Phi) is 2.94. The van der Waals surface area contributed by atoms with Crippen LogP contribution >= 0.6 is 11.6 Å². The minimum atomic E-state index is 0.216. The van der Waals surface area contributed by atoms with Gasteiger partial charge in [0.15, 0.2) is 0 Å². The Bertz CT molecular complexity index is 558. The van der Waals surface area contributed by atoms with Gasteiger partial charge in [-0.25, -0.2) is 0 Å². The molecule has 0 heterocycles. The molecule has 18 heavy (non-hydrogen) atoms. The Labute approximate surface area is 112 Å². The molecule has 0 spiro atoms. The summed E-state index contributed by atoms with van der Waals surface area (Å²) in [6, 6.07) is 17.2. The molecule has 0 saturated heterocycles. The van der Waals surface area contributed by atoms with E-state index in [9.17, 15) is 0 Å². The lowest BCUT2D eigenvalue weighted by Gasteiger charge is -2.15. The molecular weight excluding hydrogens is 242 g/mol. The van der Waals surface area contributed by atoms with Crippen LogP contribution in [0.4, 0.5) is 0 Å². The molecule has 2 heteroatoms. The van der Waals surface area contributed by atoms with Gasteiger partial charge in [0.2, 0.25) is 0 Å². The van der Waals surface area contributed by atoms with E-state index in [1.54, 1.807) is 0 Å². The molecule has 0 unspecified atom stereocenters. The van der Waals surface area contributed by atoms with Crippen molar-refractivity contribution in [2.24, 2.45) is 0 Å². The number of benzene rings is 2. The largest absolute Gasteiger partial charge is 0.301 e. The van der Waals surface area contributed by atoms with E-state index in [1.807, 2.05) is 0 Å². The number of fused-ring (bicyclic) bond motifs is 3. The highest BCUT2D eigenvalue weighted by Gasteiger charge is 2.27. The fourth-order valence-electron chi connectivity index (χ4n) is 2.59. The van der Waals surface area contributed by atoms with Crippen molar-refractivity contribution in [3.05, 3.63) is 71.3 Å². The molecule has 0 aromatic heterocycles. The summed E-state index contributed by atoms with van der Waals surface area (Å²) in [6.07, 6.45) is 0. The SMILES string of the molecule is C=C(Cl)CNC1c2ccccc2-c2ccccc21. The van der Waals surface area contributed by atoms with Crippen LogP contribution in [0.3, 0.4) is 0 Å². The van der Waals surface area contributed by atoms with Crippen LogP contribution < -0.4 is 5.32 Å². The Balaban J connectivity index is 2.06. The van der Waals surface area contributed by atoms with E-state index in [0.29, 0.717) is 11.6 Å². The minimum Gasteiger partial charge on any atom is -0.301 e. The van der Waals surface area contributed by atoms with E-state index in [1.165, 1.54) is 22.3 Å². The van der Waals surface area contributed by atoms with Crippen molar-refractivity contribution in [2.75, 3.05) is 6.54 Å². The second-order valence-corrected chi connectivity index (χ2v) is 5.04. The van der Waals surface area contributed by atoms with Gasteiger partial charge in [-0.05, 0) is 22.3 Å². The predicted octanol–water partition coefficient (Wildman–Crippen LogP) is 4.10. The smallest absolute Gasteiger partial charge is 0.0591 e. The topological polar surface area (TPSA) is 12.0 Å². The monoisotopic (exact) mass is 255 g/mol. The summed E-state index contributed by atoms with van der Waals surface area (Å²) in [5, 5.41) is 4.10. The molecular formula is C16H14ClN. The number of rotatable bonds is 3. The summed E-state index contributed by atoms with van der Waals surface area (Å²) >= 11 is 5.85. The predicted molar refractivity (Wildman–Crippen MR) is 76.7 cm³/mol. The molecule has 3 rings (SSSR count). The number of hydrogen-bond donors (Lipinski definition) is 1. The van der Waals surface area contributed by atoms with E-state index in [4.69, 9.17) is 11.6 Å². The first kappa shape index (κ1) is 11.5. The van der Waals surface area contributed by atoms with Crippen LogP contribution in [0.2, 0.25) is 0 Å². The average Bonchev–Trinajstić information content (AvgIpc) is 2.71. The molecule has 0 saturated carbocycles. The van der Waals surface area contributed by atoms with Crippen LogP contribution in [0.15, 0.2) is 60.1 Å². The Morgan fingerprint density at radius 3 is 2.00 bits per heavy atom. The number of halogens is 1. The van der Waals surface area contributed by atoms with E-state index >= 15 is 0 Å². The first-order valence-corrected chi connectivity index (χ1v) is 6.40. The first-order chi connectivity index (χ1) is 8.77. The molecule has 0 aliphatic heterocycles. The third kappa shape index (κ3) is 1.86. The summed E-state index contributed by atoms with van der Waals surface area (Å²) in [6.45, 7) is 4.35. The molecule has 1 aliphatic carbocycles. The van der Waals surface area contributed by atoms with E-state index < -0.39 is 0 Å². The van der Waals surface area contributed by atoms with Crippen LogP contribution in [-0.4, -0.2) is 6.54 Å². The van der Waals surface area contributed by atoms with Crippen LogP contribution in [-0.2, 0) is 0 Å². The summed E-state index contributed by atoms with van der Waals surface area (Å²) in [5.74, 6) is 0. The van der Waals surface area contributed by atoms with Gasteiger partial charge in [0.05, 0.1) is 6.04 Å². The van der Waals surface area contributed by atoms with Gasteiger partial charge in [-0.1, -0.05) is 66.7 Å². The quantitative estimate of drug-likeness (QED) is 0.871. The lowest BCUT2D eigenvalue weighted by atomic mass is 10.1. The normalized spacial score (nSPS) is 13.2. The van der Waals surface area contributed by atoms with Crippen molar-refractivity contribution >= 4 is 11.6 Å². The molecule has 1 aliphatic rings. The standard InChI is InChI=1S/C16H14ClN/c1-11(17)10-18-16-14-8-4-2-6-12(14)13-7-3-5-9-15(13)16/h2-9,16,18H,1,10H2. The maximum atomic E-state index is 5.85. The summed E-state index contributed by atoms with van der Waals surface area (Å²) in [4.78, 5) is 0. The maximum Gasteiger partial charge on any atom is 0.0591 e. The van der Waals surface area contributed by atoms with Gasteiger partial charge >= 0.3 is 0 Å². The van der Waals surface area contributed by atoms with E-state index in [0.717, 1.165) is 0 Å². The Morgan fingerprint density at radius 2 is 1.50 bits per heavy atom. The highest BCUT2D eigenvalue weighted by Crippen LogP contribution is 2.42. The van der Waals surface area contributed by atoms with Gasteiger partial charge < -0.3 is 5.32 Å². The lowest BCUT2D eigenvalue weighted by Crippen LogP contribution is -2.21. The molecule has 0 bridgehead atoms. The van der Waals surface area contributed by atoms with Gasteiger partial charge in [-0.2, -0.15) is 0 Å². The highest BCUT2D eigenvalue weighted by atomic mass is 35.5. The van der Waals surface area contributed by atoms with Crippen molar-refractivity contribution in [2.45, 2.75) is 6.04 Å². The molecule has 0 amide bonds. The van der Waals surface area contributed by atoms with Gasteiger partial charge in [0, 0.05) is 11.6 Å². The number of nitrogens with one attached hydrogen (secondary N) is 1. The average molecular weight is 256 g/mol. The Morgan fingerprint density at radius 1 is 1.00 bits per heavy atom. The maximum absolute atomic E-state index is 5.85. The molecule has 2 aromatic rings. The van der Waals surface area contributed by atoms with Gasteiger partial charge in [-0.3, -0.25) is 0 Å². The van der Waals surface area contributed by atoms with Crippen LogP contribution in [0, 0.1) is 0 Å². The Hall–Kier alpha value is -1.57. The fraction of sp³-hybridized carbons (Fsp3) is 0.125. The van der Waals surface area contributed by atoms with Crippen LogP contribution in [0.5, 0.6) is 0 Å². The second-order valence-electron chi connectivity index (χ2n) is 4.51. The van der Waals surface area contributed by atoms with E-state index in [2.05, 4.69) is 60.4 Å². The molecule has 0 atom stereocenters. The zero-order chi connectivity index (χ0) is 12.5. The van der Waals surface area contributed by atoms with Crippen molar-refractivity contribution in [1.29, 1.82) is 0 Å². The van der Waals surface area contributed by atoms with Crippen molar-refractivity contribution in [3.8, 4) is 11.1 Å². The van der Waals surface area contributed by atoms with Crippen LogP contribution in [0.25, 0.3) is 11.1 Å². The molecule has 0 radical (unpaired) electrons. The molecule has 2 aromatic carbocycles. The summed E-state index contributed by atoms with van der Waals surface area (Å²) < 4.78 is 0. The van der Waals surface area contributed by atoms with Crippen LogP contribution in [0.1, 0.15) is 17.2 Å². The number of hydrogen-bond acceptors (Lipinski definition) is 1. The third-order valence-corrected chi connectivity index (χ3v) is 3.47. The third-order valence-electron chi connectivity index (χ3n) is 3.33. The van der Waals surface area contributed by atoms with E-state index in [-0.39, 0.29) is 6.04 Å². The van der Waals surface area contributed by atoms with Gasteiger partial charge in [-0.15, -0.1) is 0 Å². The van der Waals surface area contributed by atoms with Crippen molar-refractivity contribution in [3.63, 3.8) is 0 Å². The fourth-order valence-corrected chi connectivity index (χ4v) is 2.67. The molecule has 0 fully saturated rings. The zero-order valence-corrected chi connectivity index (χ0v) is 10.7. The van der Waals surface area contributed by atoms with Gasteiger partial charge in [0.25, 0.3) is 0 Å². The minimum absolute atomic E-state index is 0.216. The lowest BCUT2D eigenvalue weighted by molar-refractivity contribution is 0.662. The first-order valence-electron chi connectivity index (χ1n) is 6.02. The second kappa shape index (κ2) is 4.60. The summed E-state index contributed by atoms with van der Waals surface area (Å²) in [7, 11) is 0. The highest BCUT2D eigenvalue weighted by molar-refractivity contribution is 6.29. The molecule has 1 nitrogen and oxygen atoms in total. The van der Waals surface area contributed by atoms with Gasteiger partial charge in [0.1, 0.15) is 0 Å². The van der Waals surface area contributed by atoms with Crippen molar-refractivity contribution in [1.82, 2.24) is 5.32 Å². The summed E-state index contributed by atoms with van der Waals surface area (Å²) in [5.41, 5.74) is 5.25. The van der Waals surface area contributed by atoms with Crippen molar-refractivity contribution < 1.29 is 0 Å². The molecule has 1 N–H and O–H groups in total.